The number of nitrogens with two attached hydrogens (primary N) is 2. The fourth-order valence-corrected chi connectivity index (χ4v) is 4.14. The third-order valence-electron chi connectivity index (χ3n) is 5.90. The van der Waals surface area contributed by atoms with Gasteiger partial charge in [-0.2, -0.15) is 12.6 Å². The lowest BCUT2D eigenvalue weighted by atomic mass is 10.0. The molecule has 4 unspecified atom stereocenters. The Kier molecular flexibility index (Phi) is 11.6. The maximum absolute atomic E-state index is 13.2. The van der Waals surface area contributed by atoms with Gasteiger partial charge in [-0.15, -0.1) is 0 Å². The second kappa shape index (κ2) is 14.4. The zero-order valence-corrected chi connectivity index (χ0v) is 22.3. The van der Waals surface area contributed by atoms with E-state index < -0.39 is 53.8 Å². The highest BCUT2D eigenvalue weighted by molar-refractivity contribution is 7.80. The van der Waals surface area contributed by atoms with Crippen LogP contribution in [0.25, 0.3) is 10.9 Å². The molecule has 4 atom stereocenters. The van der Waals surface area contributed by atoms with Gasteiger partial charge in [-0.25, -0.2) is 4.79 Å². The van der Waals surface area contributed by atoms with Crippen LogP contribution in [0.1, 0.15) is 38.7 Å². The van der Waals surface area contributed by atoms with Crippen LogP contribution in [0.15, 0.2) is 30.5 Å². The summed E-state index contributed by atoms with van der Waals surface area (Å²) in [7, 11) is 0. The number of carbonyl (C=O) groups excluding carboxylic acids is 4. The van der Waals surface area contributed by atoms with E-state index in [0.717, 1.165) is 16.5 Å². The van der Waals surface area contributed by atoms with Crippen LogP contribution in [-0.4, -0.2) is 69.6 Å². The third kappa shape index (κ3) is 9.06. The number of fused-ring (bicyclic) bond motifs is 1. The van der Waals surface area contributed by atoms with E-state index >= 15 is 0 Å². The van der Waals surface area contributed by atoms with Gasteiger partial charge in [0, 0.05) is 29.3 Å². The van der Waals surface area contributed by atoms with E-state index in [0.29, 0.717) is 0 Å². The van der Waals surface area contributed by atoms with E-state index in [1.54, 1.807) is 6.20 Å². The minimum atomic E-state index is -1.27. The summed E-state index contributed by atoms with van der Waals surface area (Å²) < 4.78 is 0. The van der Waals surface area contributed by atoms with Gasteiger partial charge in [0.15, 0.2) is 0 Å². The van der Waals surface area contributed by atoms with Crippen molar-refractivity contribution in [3.8, 4) is 0 Å². The average Bonchev–Trinajstić information content (AvgIpc) is 3.26. The number of benzene rings is 1. The lowest BCUT2D eigenvalue weighted by molar-refractivity contribution is -0.141. The topological polar surface area (TPSA) is 209 Å². The second-order valence-corrected chi connectivity index (χ2v) is 9.87. The van der Waals surface area contributed by atoms with Crippen LogP contribution in [0.2, 0.25) is 0 Å². The molecule has 0 aliphatic carbocycles. The zero-order valence-electron chi connectivity index (χ0n) is 21.4. The van der Waals surface area contributed by atoms with Crippen molar-refractivity contribution in [1.29, 1.82) is 0 Å². The van der Waals surface area contributed by atoms with Crippen molar-refractivity contribution in [2.75, 3.05) is 5.75 Å². The molecule has 0 aliphatic rings. The van der Waals surface area contributed by atoms with Gasteiger partial charge >= 0.3 is 5.97 Å². The number of hydrogen-bond donors (Lipinski definition) is 8. The van der Waals surface area contributed by atoms with Crippen molar-refractivity contribution in [1.82, 2.24) is 20.9 Å². The summed E-state index contributed by atoms with van der Waals surface area (Å²) in [6.07, 6.45) is 1.85. The van der Waals surface area contributed by atoms with Crippen molar-refractivity contribution in [2.45, 2.75) is 63.7 Å². The lowest BCUT2D eigenvalue weighted by Crippen LogP contribution is -2.57. The first-order valence-corrected chi connectivity index (χ1v) is 12.9. The number of H-pyrrole nitrogens is 1. The Labute approximate surface area is 226 Å². The maximum atomic E-state index is 13.2. The molecular weight excluding hydrogens is 512 g/mol. The highest BCUT2D eigenvalue weighted by atomic mass is 32.1. The molecule has 1 heterocycles. The number of nitrogens with one attached hydrogen (secondary N) is 4. The van der Waals surface area contributed by atoms with Crippen molar-refractivity contribution < 1.29 is 29.1 Å². The molecule has 2 aromatic rings. The monoisotopic (exact) mass is 548 g/mol. The molecule has 0 fully saturated rings. The number of carboxylic acids is 1. The summed E-state index contributed by atoms with van der Waals surface area (Å²) in [6, 6.07) is 3.01. The number of carbonyl (C=O) groups is 5. The maximum Gasteiger partial charge on any atom is 0.327 e. The first kappa shape index (κ1) is 30.6. The van der Waals surface area contributed by atoms with Crippen molar-refractivity contribution in [3.05, 3.63) is 36.0 Å². The van der Waals surface area contributed by atoms with E-state index in [1.807, 2.05) is 38.1 Å². The van der Waals surface area contributed by atoms with E-state index in [-0.39, 0.29) is 37.4 Å². The summed E-state index contributed by atoms with van der Waals surface area (Å²) in [6.45, 7) is 3.66. The van der Waals surface area contributed by atoms with Gasteiger partial charge in [0.1, 0.15) is 18.1 Å². The number of primary amides is 1. The first-order valence-electron chi connectivity index (χ1n) is 12.3. The molecule has 9 N–H and O–H groups in total. The summed E-state index contributed by atoms with van der Waals surface area (Å²) in [5.74, 6) is -4.16. The molecular formula is C25H36N6O6S. The Hall–Kier alpha value is -3.58. The van der Waals surface area contributed by atoms with Crippen LogP contribution in [0.5, 0.6) is 0 Å². The zero-order chi connectivity index (χ0) is 28.4. The van der Waals surface area contributed by atoms with Crippen LogP contribution in [-0.2, 0) is 30.4 Å². The summed E-state index contributed by atoms with van der Waals surface area (Å²) in [5, 5.41) is 17.6. The standard InChI is InChI=1S/C25H36N6O6S/c1-13(2)9-19(24(35)31-20(12-38)25(36)37)30-23(34)18(7-8-21(27)32)29-22(33)16(26)10-14-11-28-17-6-4-3-5-15(14)17/h3-6,11,13,16,18-20,28,38H,7-10,12,26H2,1-2H3,(H2,27,32)(H,29,33)(H,30,34)(H,31,35)(H,36,37). The quantitative estimate of drug-likeness (QED) is 0.141. The smallest absolute Gasteiger partial charge is 0.327 e. The molecule has 1 aromatic carbocycles. The van der Waals surface area contributed by atoms with Gasteiger partial charge in [-0.05, 0) is 36.8 Å². The van der Waals surface area contributed by atoms with Gasteiger partial charge in [0.2, 0.25) is 23.6 Å². The van der Waals surface area contributed by atoms with Gasteiger partial charge in [-0.1, -0.05) is 32.0 Å². The van der Waals surface area contributed by atoms with Crippen LogP contribution in [0.3, 0.4) is 0 Å². The fraction of sp³-hybridized carbons (Fsp3) is 0.480. The summed E-state index contributed by atoms with van der Waals surface area (Å²) in [5.41, 5.74) is 13.1. The van der Waals surface area contributed by atoms with Crippen molar-refractivity contribution in [2.24, 2.45) is 17.4 Å². The molecule has 13 heteroatoms. The molecule has 0 saturated carbocycles. The van der Waals surface area contributed by atoms with Crippen LogP contribution in [0, 0.1) is 5.92 Å². The molecule has 208 valence electrons. The molecule has 4 amide bonds. The van der Waals surface area contributed by atoms with Crippen molar-refractivity contribution in [3.63, 3.8) is 0 Å². The van der Waals surface area contributed by atoms with Crippen molar-refractivity contribution >= 4 is 53.1 Å². The molecule has 0 aliphatic heterocycles. The number of hydrogen-bond acceptors (Lipinski definition) is 7. The second-order valence-electron chi connectivity index (χ2n) is 9.51. The number of aliphatic carboxylic acids is 1. The van der Waals surface area contributed by atoms with Crippen LogP contribution in [0.4, 0.5) is 0 Å². The molecule has 2 rings (SSSR count). The van der Waals surface area contributed by atoms with Gasteiger partial charge in [0.05, 0.1) is 6.04 Å². The Morgan fingerprint density at radius 1 is 0.974 bits per heavy atom. The lowest BCUT2D eigenvalue weighted by Gasteiger charge is -2.25. The van der Waals surface area contributed by atoms with E-state index in [1.165, 1.54) is 0 Å². The minimum absolute atomic E-state index is 0.0337. The highest BCUT2D eigenvalue weighted by Crippen LogP contribution is 2.19. The molecule has 1 aromatic heterocycles. The molecule has 38 heavy (non-hydrogen) atoms. The summed E-state index contributed by atoms with van der Waals surface area (Å²) >= 11 is 3.94. The normalized spacial score (nSPS) is 14.3. The third-order valence-corrected chi connectivity index (χ3v) is 6.27. The van der Waals surface area contributed by atoms with Gasteiger partial charge < -0.3 is 37.5 Å². The van der Waals surface area contributed by atoms with E-state index in [9.17, 15) is 29.1 Å². The van der Waals surface area contributed by atoms with E-state index in [4.69, 9.17) is 11.5 Å². The Morgan fingerprint density at radius 3 is 2.18 bits per heavy atom. The number of aromatic nitrogens is 1. The molecule has 0 spiro atoms. The SMILES string of the molecule is CC(C)CC(NC(=O)C(CCC(N)=O)NC(=O)C(N)Cc1c[nH]c2ccccc12)C(=O)NC(CS)C(=O)O. The van der Waals surface area contributed by atoms with Crippen LogP contribution >= 0.6 is 12.6 Å². The van der Waals surface area contributed by atoms with Gasteiger partial charge in [0.25, 0.3) is 0 Å². The number of para-hydroxylation sites is 1. The first-order chi connectivity index (χ1) is 17.9. The molecule has 12 nitrogen and oxygen atoms in total. The van der Waals surface area contributed by atoms with Crippen LogP contribution < -0.4 is 27.4 Å². The molecule has 0 bridgehead atoms. The number of rotatable bonds is 15. The number of aromatic amines is 1. The Balaban J connectivity index is 2.14. The highest BCUT2D eigenvalue weighted by Gasteiger charge is 2.30. The Bertz CT molecular complexity index is 1150. The fourth-order valence-electron chi connectivity index (χ4n) is 3.90. The number of thiol groups is 1. The molecule has 0 radical (unpaired) electrons. The largest absolute Gasteiger partial charge is 0.480 e. The predicted octanol–water partition coefficient (Wildman–Crippen LogP) is -0.182. The average molecular weight is 549 g/mol. The minimum Gasteiger partial charge on any atom is -0.480 e. The molecule has 0 saturated heterocycles. The number of carboxylic acid groups (broad SMARTS) is 1. The van der Waals surface area contributed by atoms with Gasteiger partial charge in [-0.3, -0.25) is 19.2 Å². The van der Waals surface area contributed by atoms with E-state index in [2.05, 4.69) is 33.6 Å². The summed E-state index contributed by atoms with van der Waals surface area (Å²) in [4.78, 5) is 64.7. The predicted molar refractivity (Wildman–Crippen MR) is 145 cm³/mol. The Morgan fingerprint density at radius 2 is 1.58 bits per heavy atom. The number of amides is 4.